The van der Waals surface area contributed by atoms with E-state index in [1.165, 1.54) is 0 Å². The molecule has 4 heteroatoms. The Morgan fingerprint density at radius 3 is 2.82 bits per heavy atom. The van der Waals surface area contributed by atoms with Crippen LogP contribution >= 0.6 is 15.9 Å². The Morgan fingerprint density at radius 2 is 2.24 bits per heavy atom. The van der Waals surface area contributed by atoms with E-state index in [2.05, 4.69) is 28.2 Å². The molecule has 0 aromatic heterocycles. The zero-order valence-corrected chi connectivity index (χ0v) is 11.9. The first-order valence-corrected chi connectivity index (χ1v) is 6.69. The molecule has 0 radical (unpaired) electrons. The fraction of sp³-hybridized carbons (Fsp3) is 0.462. The Labute approximate surface area is 111 Å². The first kappa shape index (κ1) is 14.0. The number of rotatable bonds is 5. The Balaban J connectivity index is 2.60. The number of benzene rings is 1. The van der Waals surface area contributed by atoms with Crippen LogP contribution in [0, 0.1) is 0 Å². The number of nitrogens with one attached hydrogen (secondary N) is 1. The molecule has 0 aliphatic carbocycles. The van der Waals surface area contributed by atoms with Crippen LogP contribution in [0.2, 0.25) is 0 Å². The number of hydrogen-bond acceptors (Lipinski definition) is 2. The minimum Gasteiger partial charge on any atom is -0.398 e. The molecule has 0 bridgehead atoms. The largest absolute Gasteiger partial charge is 0.398 e. The molecule has 3 nitrogen and oxygen atoms in total. The van der Waals surface area contributed by atoms with Crippen molar-refractivity contribution >= 4 is 27.5 Å². The lowest BCUT2D eigenvalue weighted by atomic mass is 10.1. The van der Waals surface area contributed by atoms with Crippen LogP contribution in [0.15, 0.2) is 22.7 Å². The second-order valence-corrected chi connectivity index (χ2v) is 5.11. The van der Waals surface area contributed by atoms with E-state index in [0.717, 1.165) is 23.7 Å². The number of hydrogen-bond donors (Lipinski definition) is 2. The Bertz CT molecular complexity index is 393. The fourth-order valence-corrected chi connectivity index (χ4v) is 1.94. The Kier molecular flexibility index (Phi) is 5.48. The van der Waals surface area contributed by atoms with Gasteiger partial charge in [-0.2, -0.15) is 0 Å². The topological polar surface area (TPSA) is 55.1 Å². The molecule has 1 rings (SSSR count). The third-order valence-corrected chi connectivity index (χ3v) is 3.32. The molecule has 1 aromatic rings. The normalized spacial score (nSPS) is 12.2. The molecule has 0 spiro atoms. The molecule has 1 amide bonds. The third kappa shape index (κ3) is 4.38. The first-order valence-electron chi connectivity index (χ1n) is 5.90. The quantitative estimate of drug-likeness (QED) is 0.819. The van der Waals surface area contributed by atoms with Crippen LogP contribution < -0.4 is 11.1 Å². The number of unbranched alkanes of at least 4 members (excludes halogenated alkanes) is 1. The van der Waals surface area contributed by atoms with Crippen LogP contribution in [0.1, 0.15) is 43.5 Å². The van der Waals surface area contributed by atoms with Gasteiger partial charge in [-0.05, 0) is 47.5 Å². The first-order chi connectivity index (χ1) is 8.04. The van der Waals surface area contributed by atoms with Crippen molar-refractivity contribution in [2.24, 2.45) is 0 Å². The van der Waals surface area contributed by atoms with Gasteiger partial charge in [0.2, 0.25) is 0 Å². The van der Waals surface area contributed by atoms with Crippen molar-refractivity contribution in [3.05, 3.63) is 28.2 Å². The van der Waals surface area contributed by atoms with Crippen molar-refractivity contribution in [2.75, 3.05) is 5.73 Å². The number of anilines is 1. The van der Waals surface area contributed by atoms with Gasteiger partial charge in [0.25, 0.3) is 5.91 Å². The van der Waals surface area contributed by atoms with Gasteiger partial charge in [0.05, 0.1) is 0 Å². The van der Waals surface area contributed by atoms with Gasteiger partial charge in [0.15, 0.2) is 0 Å². The lowest BCUT2D eigenvalue weighted by Gasteiger charge is -2.13. The monoisotopic (exact) mass is 298 g/mol. The van der Waals surface area contributed by atoms with E-state index in [0.29, 0.717) is 11.3 Å². The molecule has 0 saturated carbocycles. The molecule has 0 aliphatic rings. The SMILES string of the molecule is CCCCC(C)NC(=O)c1ccc(N)c(Br)c1. The van der Waals surface area contributed by atoms with E-state index in [4.69, 9.17) is 5.73 Å². The van der Waals surface area contributed by atoms with Crippen LogP contribution in [-0.4, -0.2) is 11.9 Å². The standard InChI is InChI=1S/C13H19BrN2O/c1-3-4-5-9(2)16-13(17)10-6-7-12(15)11(14)8-10/h6-9H,3-5,15H2,1-2H3,(H,16,17). The summed E-state index contributed by atoms with van der Waals surface area (Å²) in [5, 5.41) is 2.98. The highest BCUT2D eigenvalue weighted by Gasteiger charge is 2.10. The van der Waals surface area contributed by atoms with Crippen molar-refractivity contribution in [2.45, 2.75) is 39.2 Å². The minimum atomic E-state index is -0.0469. The average molecular weight is 299 g/mol. The number of nitrogen functional groups attached to an aromatic ring is 1. The van der Waals surface area contributed by atoms with Crippen molar-refractivity contribution < 1.29 is 4.79 Å². The van der Waals surface area contributed by atoms with Crippen molar-refractivity contribution in [1.82, 2.24) is 5.32 Å². The second-order valence-electron chi connectivity index (χ2n) is 4.25. The molecule has 17 heavy (non-hydrogen) atoms. The van der Waals surface area contributed by atoms with Crippen LogP contribution in [0.25, 0.3) is 0 Å². The molecule has 94 valence electrons. The summed E-state index contributed by atoms with van der Waals surface area (Å²) >= 11 is 3.32. The summed E-state index contributed by atoms with van der Waals surface area (Å²) < 4.78 is 0.756. The summed E-state index contributed by atoms with van der Waals surface area (Å²) in [6.45, 7) is 4.17. The van der Waals surface area contributed by atoms with Gasteiger partial charge in [-0.3, -0.25) is 4.79 Å². The lowest BCUT2D eigenvalue weighted by molar-refractivity contribution is 0.0938. The second kappa shape index (κ2) is 6.64. The number of amides is 1. The van der Waals surface area contributed by atoms with Gasteiger partial charge in [-0.1, -0.05) is 19.8 Å². The third-order valence-electron chi connectivity index (χ3n) is 2.63. The molecule has 1 atom stereocenters. The predicted molar refractivity (Wildman–Crippen MR) is 75.0 cm³/mol. The molecular weight excluding hydrogens is 280 g/mol. The van der Waals surface area contributed by atoms with E-state index in [9.17, 15) is 4.79 Å². The van der Waals surface area contributed by atoms with Crippen LogP contribution in [-0.2, 0) is 0 Å². The van der Waals surface area contributed by atoms with Crippen LogP contribution in [0.4, 0.5) is 5.69 Å². The van der Waals surface area contributed by atoms with Gasteiger partial charge in [-0.25, -0.2) is 0 Å². The van der Waals surface area contributed by atoms with Crippen LogP contribution in [0.3, 0.4) is 0 Å². The number of halogens is 1. The lowest BCUT2D eigenvalue weighted by Crippen LogP contribution is -2.32. The molecule has 1 unspecified atom stereocenters. The van der Waals surface area contributed by atoms with Crippen molar-refractivity contribution in [3.8, 4) is 0 Å². The van der Waals surface area contributed by atoms with E-state index < -0.39 is 0 Å². The average Bonchev–Trinajstić information content (AvgIpc) is 2.30. The van der Waals surface area contributed by atoms with Gasteiger partial charge >= 0.3 is 0 Å². The maximum Gasteiger partial charge on any atom is 0.251 e. The maximum atomic E-state index is 11.9. The van der Waals surface area contributed by atoms with E-state index in [-0.39, 0.29) is 11.9 Å². The molecule has 1 aromatic carbocycles. The molecular formula is C13H19BrN2O. The zero-order chi connectivity index (χ0) is 12.8. The van der Waals surface area contributed by atoms with Gasteiger partial charge in [-0.15, -0.1) is 0 Å². The van der Waals surface area contributed by atoms with E-state index in [1.807, 2.05) is 6.92 Å². The Morgan fingerprint density at radius 1 is 1.53 bits per heavy atom. The van der Waals surface area contributed by atoms with Crippen LogP contribution in [0.5, 0.6) is 0 Å². The van der Waals surface area contributed by atoms with Gasteiger partial charge < -0.3 is 11.1 Å². The smallest absolute Gasteiger partial charge is 0.251 e. The van der Waals surface area contributed by atoms with E-state index in [1.54, 1.807) is 18.2 Å². The Hall–Kier alpha value is -1.03. The summed E-state index contributed by atoms with van der Waals surface area (Å²) in [4.78, 5) is 11.9. The molecule has 0 saturated heterocycles. The summed E-state index contributed by atoms with van der Waals surface area (Å²) in [5.74, 6) is -0.0469. The van der Waals surface area contributed by atoms with Crippen molar-refractivity contribution in [1.29, 1.82) is 0 Å². The molecule has 0 aliphatic heterocycles. The van der Waals surface area contributed by atoms with Crippen molar-refractivity contribution in [3.63, 3.8) is 0 Å². The number of carbonyl (C=O) groups excluding carboxylic acids is 1. The van der Waals surface area contributed by atoms with Gasteiger partial charge in [0, 0.05) is 21.8 Å². The summed E-state index contributed by atoms with van der Waals surface area (Å²) in [6.07, 6.45) is 3.29. The fourth-order valence-electron chi connectivity index (χ4n) is 1.56. The molecule has 0 heterocycles. The predicted octanol–water partition coefficient (Wildman–Crippen LogP) is 3.34. The highest BCUT2D eigenvalue weighted by Crippen LogP contribution is 2.20. The highest BCUT2D eigenvalue weighted by molar-refractivity contribution is 9.10. The summed E-state index contributed by atoms with van der Waals surface area (Å²) in [5.41, 5.74) is 6.95. The summed E-state index contributed by atoms with van der Waals surface area (Å²) in [6, 6.07) is 5.42. The zero-order valence-electron chi connectivity index (χ0n) is 10.3. The highest BCUT2D eigenvalue weighted by atomic mass is 79.9. The molecule has 0 fully saturated rings. The number of carbonyl (C=O) groups is 1. The summed E-state index contributed by atoms with van der Waals surface area (Å²) in [7, 11) is 0. The minimum absolute atomic E-state index is 0.0469. The maximum absolute atomic E-state index is 11.9. The molecule has 3 N–H and O–H groups in total. The van der Waals surface area contributed by atoms with Gasteiger partial charge in [0.1, 0.15) is 0 Å². The van der Waals surface area contributed by atoms with E-state index >= 15 is 0 Å². The number of nitrogens with two attached hydrogens (primary N) is 1.